The molecule has 2 fully saturated rings. The van der Waals surface area contributed by atoms with Gasteiger partial charge in [0.15, 0.2) is 0 Å². The van der Waals surface area contributed by atoms with E-state index in [9.17, 15) is 9.59 Å². The largest absolute Gasteiger partial charge is 0.373 e. The Hall–Kier alpha value is -1.96. The number of piperidine rings is 1. The highest BCUT2D eigenvalue weighted by Crippen LogP contribution is 2.21. The van der Waals surface area contributed by atoms with Crippen LogP contribution in [0.2, 0.25) is 0 Å². The third-order valence-corrected chi connectivity index (χ3v) is 5.55. The van der Waals surface area contributed by atoms with Gasteiger partial charge in [-0.1, -0.05) is 12.1 Å². The number of hydrogen-bond acceptors (Lipinski definition) is 5. The van der Waals surface area contributed by atoms with E-state index >= 15 is 0 Å². The molecule has 2 amide bonds. The van der Waals surface area contributed by atoms with E-state index in [2.05, 4.69) is 29.0 Å². The minimum atomic E-state index is -0.538. The summed E-state index contributed by atoms with van der Waals surface area (Å²) in [5.74, 6) is 0.0267. The molecule has 0 bridgehead atoms. The number of amides is 2. The van der Waals surface area contributed by atoms with Gasteiger partial charge in [0.05, 0.1) is 30.0 Å². The highest BCUT2D eigenvalue weighted by molar-refractivity contribution is 6.03. The summed E-state index contributed by atoms with van der Waals surface area (Å²) < 4.78 is 5.82. The Bertz CT molecular complexity index is 678. The monoisotopic (exact) mass is 388 g/mol. The molecule has 2 saturated heterocycles. The molecule has 2 heterocycles. The third kappa shape index (κ3) is 5.77. The van der Waals surface area contributed by atoms with Gasteiger partial charge in [-0.3, -0.25) is 19.4 Å². The van der Waals surface area contributed by atoms with E-state index in [0.717, 1.165) is 45.6 Å². The minimum Gasteiger partial charge on any atom is -0.373 e. The van der Waals surface area contributed by atoms with Crippen molar-refractivity contribution in [1.82, 2.24) is 9.80 Å². The normalized spacial score (nSPS) is 24.8. The van der Waals surface area contributed by atoms with Crippen molar-refractivity contribution in [1.29, 1.82) is 0 Å². The SMILES string of the molecule is CC1CN(CC2CCN(CC(=O)Nc3ccccc3C(N)=O)CC2)CC(C)O1. The standard InChI is InChI=1S/C21H32N4O3/c1-15-11-25(12-16(2)28-15)13-17-7-9-24(10-8-17)14-20(26)23-19-6-4-3-5-18(19)21(22)27/h3-6,15-17H,7-14H2,1-2H3,(H2,22,27)(H,23,26). The maximum Gasteiger partial charge on any atom is 0.250 e. The van der Waals surface area contributed by atoms with Crippen LogP contribution in [0.25, 0.3) is 0 Å². The number of ether oxygens (including phenoxy) is 1. The van der Waals surface area contributed by atoms with Crippen LogP contribution in [0.1, 0.15) is 37.0 Å². The van der Waals surface area contributed by atoms with E-state index in [-0.39, 0.29) is 5.91 Å². The highest BCUT2D eigenvalue weighted by Gasteiger charge is 2.27. The van der Waals surface area contributed by atoms with Crippen molar-refractivity contribution in [2.75, 3.05) is 44.6 Å². The van der Waals surface area contributed by atoms with Crippen LogP contribution in [0.5, 0.6) is 0 Å². The molecule has 0 radical (unpaired) electrons. The van der Waals surface area contributed by atoms with E-state index in [1.54, 1.807) is 24.3 Å². The van der Waals surface area contributed by atoms with Crippen LogP contribution in [0.3, 0.4) is 0 Å². The number of rotatable bonds is 6. The topological polar surface area (TPSA) is 87.9 Å². The van der Waals surface area contributed by atoms with Crippen LogP contribution >= 0.6 is 0 Å². The highest BCUT2D eigenvalue weighted by atomic mass is 16.5. The first-order chi connectivity index (χ1) is 13.4. The molecule has 0 spiro atoms. The van der Waals surface area contributed by atoms with Gasteiger partial charge in [-0.25, -0.2) is 0 Å². The third-order valence-electron chi connectivity index (χ3n) is 5.55. The predicted octanol–water partition coefficient (Wildman–Crippen LogP) is 1.55. The molecule has 0 aromatic heterocycles. The average molecular weight is 389 g/mol. The van der Waals surface area contributed by atoms with Gasteiger partial charge >= 0.3 is 0 Å². The number of carbonyl (C=O) groups excluding carboxylic acids is 2. The minimum absolute atomic E-state index is 0.108. The number of para-hydroxylation sites is 1. The quantitative estimate of drug-likeness (QED) is 0.772. The molecule has 1 aromatic carbocycles. The summed E-state index contributed by atoms with van der Waals surface area (Å²) in [4.78, 5) is 28.6. The number of primary amides is 1. The number of nitrogens with zero attached hydrogens (tertiary/aromatic N) is 2. The van der Waals surface area contributed by atoms with E-state index in [1.807, 2.05) is 0 Å². The summed E-state index contributed by atoms with van der Waals surface area (Å²) in [5, 5.41) is 2.82. The van der Waals surface area contributed by atoms with Crippen LogP contribution in [0.15, 0.2) is 24.3 Å². The maximum atomic E-state index is 12.4. The van der Waals surface area contributed by atoms with E-state index in [1.165, 1.54) is 0 Å². The molecule has 28 heavy (non-hydrogen) atoms. The van der Waals surface area contributed by atoms with Crippen molar-refractivity contribution in [3.05, 3.63) is 29.8 Å². The molecule has 3 N–H and O–H groups in total. The summed E-state index contributed by atoms with van der Waals surface area (Å²) in [6, 6.07) is 6.84. The average Bonchev–Trinajstić information content (AvgIpc) is 2.63. The van der Waals surface area contributed by atoms with Crippen molar-refractivity contribution in [3.8, 4) is 0 Å². The van der Waals surface area contributed by atoms with Crippen LogP contribution in [-0.2, 0) is 9.53 Å². The number of likely N-dealkylation sites (tertiary alicyclic amines) is 1. The van der Waals surface area contributed by atoms with Gasteiger partial charge in [-0.2, -0.15) is 0 Å². The van der Waals surface area contributed by atoms with Crippen LogP contribution in [-0.4, -0.2) is 73.1 Å². The second kappa shape index (κ2) is 9.49. The number of nitrogens with two attached hydrogens (primary N) is 1. The molecule has 154 valence electrons. The molecule has 2 unspecified atom stereocenters. The first-order valence-electron chi connectivity index (χ1n) is 10.2. The molecule has 0 saturated carbocycles. The van der Waals surface area contributed by atoms with Gasteiger partial charge < -0.3 is 15.8 Å². The molecular weight excluding hydrogens is 356 g/mol. The summed E-state index contributed by atoms with van der Waals surface area (Å²) in [5.41, 5.74) is 6.19. The number of nitrogens with one attached hydrogen (secondary N) is 1. The van der Waals surface area contributed by atoms with Gasteiger partial charge in [-0.15, -0.1) is 0 Å². The molecule has 1 aromatic rings. The Morgan fingerprint density at radius 3 is 2.39 bits per heavy atom. The van der Waals surface area contributed by atoms with Gasteiger partial charge in [0, 0.05) is 19.6 Å². The zero-order valence-electron chi connectivity index (χ0n) is 16.9. The first kappa shape index (κ1) is 20.8. The molecular formula is C21H32N4O3. The molecule has 7 heteroatoms. The number of anilines is 1. The lowest BCUT2D eigenvalue weighted by Crippen LogP contribution is -2.48. The lowest BCUT2D eigenvalue weighted by molar-refractivity contribution is -0.117. The molecule has 7 nitrogen and oxygen atoms in total. The van der Waals surface area contributed by atoms with Crippen LogP contribution in [0, 0.1) is 5.92 Å². The van der Waals surface area contributed by atoms with Crippen LogP contribution < -0.4 is 11.1 Å². The predicted molar refractivity (Wildman–Crippen MR) is 109 cm³/mol. The second-order valence-corrected chi connectivity index (χ2v) is 8.15. The molecule has 0 aliphatic carbocycles. The summed E-state index contributed by atoms with van der Waals surface area (Å²) in [6.45, 7) is 9.59. The van der Waals surface area contributed by atoms with Crippen molar-refractivity contribution >= 4 is 17.5 Å². The Morgan fingerprint density at radius 2 is 1.75 bits per heavy atom. The lowest BCUT2D eigenvalue weighted by atomic mass is 9.95. The van der Waals surface area contributed by atoms with Crippen molar-refractivity contribution in [2.45, 2.75) is 38.9 Å². The van der Waals surface area contributed by atoms with Gasteiger partial charge in [-0.05, 0) is 57.8 Å². The Kier molecular flexibility index (Phi) is 7.04. The summed E-state index contributed by atoms with van der Waals surface area (Å²) in [7, 11) is 0. The van der Waals surface area contributed by atoms with Gasteiger partial charge in [0.1, 0.15) is 0 Å². The summed E-state index contributed by atoms with van der Waals surface area (Å²) >= 11 is 0. The van der Waals surface area contributed by atoms with Crippen molar-refractivity contribution in [3.63, 3.8) is 0 Å². The Balaban J connectivity index is 1.43. The number of benzene rings is 1. The zero-order chi connectivity index (χ0) is 20.1. The van der Waals surface area contributed by atoms with E-state index < -0.39 is 5.91 Å². The first-order valence-corrected chi connectivity index (χ1v) is 10.2. The van der Waals surface area contributed by atoms with Crippen molar-refractivity contribution in [2.24, 2.45) is 11.7 Å². The second-order valence-electron chi connectivity index (χ2n) is 8.15. The van der Waals surface area contributed by atoms with Crippen LogP contribution in [0.4, 0.5) is 5.69 Å². The smallest absolute Gasteiger partial charge is 0.250 e. The number of hydrogen-bond donors (Lipinski definition) is 2. The van der Waals surface area contributed by atoms with E-state index in [0.29, 0.717) is 35.9 Å². The van der Waals surface area contributed by atoms with E-state index in [4.69, 9.17) is 10.5 Å². The number of carbonyl (C=O) groups is 2. The van der Waals surface area contributed by atoms with Gasteiger partial charge in [0.2, 0.25) is 5.91 Å². The fourth-order valence-corrected chi connectivity index (χ4v) is 4.33. The maximum absolute atomic E-state index is 12.4. The molecule has 2 atom stereocenters. The Morgan fingerprint density at radius 1 is 1.11 bits per heavy atom. The van der Waals surface area contributed by atoms with Crippen molar-refractivity contribution < 1.29 is 14.3 Å². The lowest BCUT2D eigenvalue weighted by Gasteiger charge is -2.39. The van der Waals surface area contributed by atoms with Gasteiger partial charge in [0.25, 0.3) is 5.91 Å². The molecule has 2 aliphatic rings. The molecule has 3 rings (SSSR count). The summed E-state index contributed by atoms with van der Waals surface area (Å²) in [6.07, 6.45) is 2.81. The number of morpholine rings is 1. The Labute approximate surface area is 167 Å². The zero-order valence-corrected chi connectivity index (χ0v) is 16.9. The fraction of sp³-hybridized carbons (Fsp3) is 0.619. The molecule has 2 aliphatic heterocycles. The fourth-order valence-electron chi connectivity index (χ4n) is 4.33.